The van der Waals surface area contributed by atoms with Crippen molar-refractivity contribution in [3.63, 3.8) is 0 Å². The summed E-state index contributed by atoms with van der Waals surface area (Å²) in [6.07, 6.45) is 2.51. The maximum atomic E-state index is 12.0. The summed E-state index contributed by atoms with van der Waals surface area (Å²) in [6, 6.07) is 14.0. The van der Waals surface area contributed by atoms with Crippen molar-refractivity contribution in [1.82, 2.24) is 10.3 Å². The smallest absolute Gasteiger partial charge is 0.337 e. The normalized spacial score (nSPS) is 10.4. The second-order valence-electron chi connectivity index (χ2n) is 5.89. The molecule has 0 radical (unpaired) electrons. The van der Waals surface area contributed by atoms with Crippen LogP contribution in [0.5, 0.6) is 0 Å². The van der Waals surface area contributed by atoms with E-state index in [2.05, 4.69) is 20.4 Å². The first-order valence-corrected chi connectivity index (χ1v) is 8.41. The van der Waals surface area contributed by atoms with Crippen LogP contribution < -0.4 is 10.6 Å². The number of fused-ring (bicyclic) bond motifs is 1. The molecule has 3 N–H and O–H groups in total. The van der Waals surface area contributed by atoms with Crippen LogP contribution in [-0.4, -0.2) is 36.4 Å². The van der Waals surface area contributed by atoms with Gasteiger partial charge < -0.3 is 20.4 Å². The van der Waals surface area contributed by atoms with E-state index in [9.17, 15) is 14.4 Å². The number of rotatable bonds is 5. The van der Waals surface area contributed by atoms with E-state index in [1.807, 2.05) is 30.5 Å². The average molecular weight is 365 g/mol. The zero-order valence-electron chi connectivity index (χ0n) is 14.7. The Kier molecular flexibility index (Phi) is 5.51. The molecule has 0 aliphatic heterocycles. The molecule has 1 heterocycles. The number of para-hydroxylation sites is 1. The number of aromatic amines is 1. The maximum absolute atomic E-state index is 12.0. The quantitative estimate of drug-likeness (QED) is 0.477. The Morgan fingerprint density at radius 3 is 2.48 bits per heavy atom. The Balaban J connectivity index is 1.50. The number of nitrogens with one attached hydrogen (secondary N) is 3. The summed E-state index contributed by atoms with van der Waals surface area (Å²) in [5, 5.41) is 6.19. The number of methoxy groups -OCH3 is 1. The van der Waals surface area contributed by atoms with Crippen LogP contribution in [0.3, 0.4) is 0 Å². The second-order valence-corrected chi connectivity index (χ2v) is 5.89. The minimum atomic E-state index is -0.764. The van der Waals surface area contributed by atoms with E-state index in [4.69, 9.17) is 0 Å². The third-order valence-corrected chi connectivity index (χ3v) is 4.12. The first-order chi connectivity index (χ1) is 13.1. The lowest BCUT2D eigenvalue weighted by molar-refractivity contribution is -0.136. The highest BCUT2D eigenvalue weighted by molar-refractivity contribution is 6.39. The van der Waals surface area contributed by atoms with Crippen molar-refractivity contribution in [1.29, 1.82) is 0 Å². The Morgan fingerprint density at radius 2 is 1.74 bits per heavy atom. The Morgan fingerprint density at radius 1 is 1.00 bits per heavy atom. The van der Waals surface area contributed by atoms with E-state index >= 15 is 0 Å². The van der Waals surface area contributed by atoms with Crippen LogP contribution in [0.2, 0.25) is 0 Å². The number of aromatic nitrogens is 1. The van der Waals surface area contributed by atoms with Gasteiger partial charge >= 0.3 is 17.8 Å². The highest BCUT2D eigenvalue weighted by Gasteiger charge is 2.14. The molecule has 0 fully saturated rings. The molecule has 0 spiro atoms. The van der Waals surface area contributed by atoms with E-state index in [1.54, 1.807) is 0 Å². The van der Waals surface area contributed by atoms with E-state index in [1.165, 1.54) is 31.4 Å². The largest absolute Gasteiger partial charge is 0.465 e. The molecule has 0 aliphatic rings. The van der Waals surface area contributed by atoms with Crippen LogP contribution in [0.4, 0.5) is 5.69 Å². The predicted octanol–water partition coefficient (Wildman–Crippen LogP) is 2.25. The van der Waals surface area contributed by atoms with Crippen LogP contribution in [0, 0.1) is 0 Å². The summed E-state index contributed by atoms with van der Waals surface area (Å²) in [5.41, 5.74) is 2.88. The van der Waals surface area contributed by atoms with Gasteiger partial charge in [0, 0.05) is 29.3 Å². The summed E-state index contributed by atoms with van der Waals surface area (Å²) in [6.45, 7) is 0.343. The molecule has 0 atom stereocenters. The minimum absolute atomic E-state index is 0.343. The van der Waals surface area contributed by atoms with Crippen LogP contribution in [0.25, 0.3) is 10.9 Å². The van der Waals surface area contributed by atoms with Crippen LogP contribution in [0.15, 0.2) is 54.7 Å². The van der Waals surface area contributed by atoms with Gasteiger partial charge in [0.05, 0.1) is 12.7 Å². The van der Waals surface area contributed by atoms with Gasteiger partial charge in [0.2, 0.25) is 0 Å². The number of amides is 2. The molecule has 0 bridgehead atoms. The van der Waals surface area contributed by atoms with Crippen molar-refractivity contribution < 1.29 is 19.1 Å². The standard InChI is InChI=1S/C20H19N3O4/c1-27-20(26)13-6-8-15(9-7-13)23-19(25)18(24)21-11-10-14-12-22-17-5-3-2-4-16(14)17/h2-9,12,22H,10-11H2,1H3,(H,21,24)(H,23,25). The van der Waals surface area contributed by atoms with Gasteiger partial charge in [0.25, 0.3) is 0 Å². The van der Waals surface area contributed by atoms with Gasteiger partial charge in [0.15, 0.2) is 0 Å². The Labute approximate surface area is 155 Å². The molecule has 3 aromatic rings. The fourth-order valence-corrected chi connectivity index (χ4v) is 2.72. The molecule has 3 rings (SSSR count). The van der Waals surface area contributed by atoms with Gasteiger partial charge in [-0.3, -0.25) is 9.59 Å². The first kappa shape index (κ1) is 18.2. The average Bonchev–Trinajstić information content (AvgIpc) is 3.11. The molecule has 138 valence electrons. The lowest BCUT2D eigenvalue weighted by Gasteiger charge is -2.07. The van der Waals surface area contributed by atoms with E-state index < -0.39 is 17.8 Å². The highest BCUT2D eigenvalue weighted by atomic mass is 16.5. The van der Waals surface area contributed by atoms with Gasteiger partial charge in [-0.2, -0.15) is 0 Å². The number of esters is 1. The molecule has 0 aliphatic carbocycles. The SMILES string of the molecule is COC(=O)c1ccc(NC(=O)C(=O)NCCc2c[nH]c3ccccc23)cc1. The fourth-order valence-electron chi connectivity index (χ4n) is 2.72. The number of carbonyl (C=O) groups is 3. The molecular weight excluding hydrogens is 346 g/mol. The number of anilines is 1. The van der Waals surface area contributed by atoms with Gasteiger partial charge in [-0.25, -0.2) is 4.79 Å². The zero-order chi connectivity index (χ0) is 19.2. The van der Waals surface area contributed by atoms with E-state index in [-0.39, 0.29) is 0 Å². The molecule has 7 nitrogen and oxygen atoms in total. The van der Waals surface area contributed by atoms with Gasteiger partial charge in [0.1, 0.15) is 0 Å². The number of hydrogen-bond acceptors (Lipinski definition) is 4. The number of ether oxygens (including phenoxy) is 1. The highest BCUT2D eigenvalue weighted by Crippen LogP contribution is 2.17. The first-order valence-electron chi connectivity index (χ1n) is 8.41. The fraction of sp³-hybridized carbons (Fsp3) is 0.150. The van der Waals surface area contributed by atoms with E-state index in [0.717, 1.165) is 16.5 Å². The molecule has 27 heavy (non-hydrogen) atoms. The summed E-state index contributed by atoms with van der Waals surface area (Å²) in [7, 11) is 1.29. The van der Waals surface area contributed by atoms with Crippen LogP contribution in [-0.2, 0) is 20.7 Å². The lowest BCUT2D eigenvalue weighted by atomic mass is 10.1. The zero-order valence-corrected chi connectivity index (χ0v) is 14.7. The topological polar surface area (TPSA) is 100 Å². The predicted molar refractivity (Wildman–Crippen MR) is 101 cm³/mol. The number of H-pyrrole nitrogens is 1. The molecule has 2 amide bonds. The molecule has 2 aromatic carbocycles. The van der Waals surface area contributed by atoms with Gasteiger partial charge in [-0.15, -0.1) is 0 Å². The third kappa shape index (κ3) is 4.33. The van der Waals surface area contributed by atoms with Gasteiger partial charge in [-0.05, 0) is 42.3 Å². The molecule has 0 saturated carbocycles. The van der Waals surface area contributed by atoms with Gasteiger partial charge in [-0.1, -0.05) is 18.2 Å². The molecule has 7 heteroatoms. The summed E-state index contributed by atoms with van der Waals surface area (Å²) >= 11 is 0. The monoisotopic (exact) mass is 365 g/mol. The van der Waals surface area contributed by atoms with Crippen molar-refractivity contribution in [2.75, 3.05) is 19.0 Å². The second kappa shape index (κ2) is 8.18. The molecule has 0 unspecified atom stereocenters. The van der Waals surface area contributed by atoms with Crippen molar-refractivity contribution in [2.45, 2.75) is 6.42 Å². The van der Waals surface area contributed by atoms with E-state index in [0.29, 0.717) is 24.2 Å². The Hall–Kier alpha value is -3.61. The van der Waals surface area contributed by atoms with Crippen LogP contribution >= 0.6 is 0 Å². The molecule has 1 aromatic heterocycles. The van der Waals surface area contributed by atoms with Crippen LogP contribution in [0.1, 0.15) is 15.9 Å². The third-order valence-electron chi connectivity index (χ3n) is 4.12. The molecular formula is C20H19N3O4. The Bertz CT molecular complexity index is 976. The van der Waals surface area contributed by atoms with Crippen molar-refractivity contribution in [3.8, 4) is 0 Å². The maximum Gasteiger partial charge on any atom is 0.337 e. The lowest BCUT2D eigenvalue weighted by Crippen LogP contribution is -2.36. The number of carbonyl (C=O) groups excluding carboxylic acids is 3. The number of hydrogen-bond donors (Lipinski definition) is 3. The van der Waals surface area contributed by atoms with Crippen molar-refractivity contribution >= 4 is 34.4 Å². The van der Waals surface area contributed by atoms with Crippen molar-refractivity contribution in [3.05, 3.63) is 65.9 Å². The summed E-state index contributed by atoms with van der Waals surface area (Å²) in [4.78, 5) is 38.5. The molecule has 0 saturated heterocycles. The number of benzene rings is 2. The minimum Gasteiger partial charge on any atom is -0.465 e. The van der Waals surface area contributed by atoms with Crippen molar-refractivity contribution in [2.24, 2.45) is 0 Å². The summed E-state index contributed by atoms with van der Waals surface area (Å²) in [5.74, 6) is -1.95. The summed E-state index contributed by atoms with van der Waals surface area (Å²) < 4.78 is 4.60.